The van der Waals surface area contributed by atoms with Crippen molar-refractivity contribution in [3.05, 3.63) is 231 Å². The molecule has 62 heavy (non-hydrogen) atoms. The van der Waals surface area contributed by atoms with Gasteiger partial charge in [-0.15, -0.1) is 0 Å². The van der Waals surface area contributed by atoms with Crippen LogP contribution in [0.15, 0.2) is 231 Å². The second-order valence-electron chi connectivity index (χ2n) is 15.5. The van der Waals surface area contributed by atoms with E-state index in [1.54, 1.807) is 0 Å². The topological polar surface area (TPSA) is 51.6 Å². The SMILES string of the molecule is c1ccc(-c2ccc(-c3cc(-c4ccc(-c5ccc(-c6cccc(-c7ccc8ccc9ccc(-c%10ccccc%10)nc9c8n7)c6)cc5)cc4)nc(-c4ccccc4)n3)cc2)cc1. The van der Waals surface area contributed by atoms with Crippen molar-refractivity contribution in [3.63, 3.8) is 0 Å². The molecule has 290 valence electrons. The summed E-state index contributed by atoms with van der Waals surface area (Å²) >= 11 is 0. The van der Waals surface area contributed by atoms with Crippen LogP contribution in [-0.2, 0) is 0 Å². The molecule has 3 aromatic heterocycles. The van der Waals surface area contributed by atoms with Crippen molar-refractivity contribution in [2.75, 3.05) is 0 Å². The Balaban J connectivity index is 0.864. The molecule has 0 unspecified atom stereocenters. The number of hydrogen-bond acceptors (Lipinski definition) is 4. The Labute approximate surface area is 360 Å². The number of hydrogen-bond donors (Lipinski definition) is 0. The highest BCUT2D eigenvalue weighted by Gasteiger charge is 2.13. The predicted molar refractivity (Wildman–Crippen MR) is 256 cm³/mol. The molecule has 0 radical (unpaired) electrons. The van der Waals surface area contributed by atoms with Crippen LogP contribution in [0.25, 0.3) is 112 Å². The first-order valence-electron chi connectivity index (χ1n) is 20.9. The van der Waals surface area contributed by atoms with Crippen molar-refractivity contribution >= 4 is 21.8 Å². The normalized spacial score (nSPS) is 11.2. The van der Waals surface area contributed by atoms with Gasteiger partial charge in [-0.05, 0) is 57.6 Å². The lowest BCUT2D eigenvalue weighted by Crippen LogP contribution is -1.96. The summed E-state index contributed by atoms with van der Waals surface area (Å²) in [6.07, 6.45) is 0. The Hall–Kier alpha value is -8.34. The van der Waals surface area contributed by atoms with E-state index in [9.17, 15) is 0 Å². The van der Waals surface area contributed by atoms with E-state index < -0.39 is 0 Å². The van der Waals surface area contributed by atoms with Gasteiger partial charge in [0, 0.05) is 38.6 Å². The van der Waals surface area contributed by atoms with Gasteiger partial charge < -0.3 is 0 Å². The maximum absolute atomic E-state index is 5.21. The van der Waals surface area contributed by atoms with Gasteiger partial charge in [-0.1, -0.05) is 206 Å². The minimum Gasteiger partial charge on any atom is -0.245 e. The van der Waals surface area contributed by atoms with Crippen LogP contribution in [0.1, 0.15) is 0 Å². The first kappa shape index (κ1) is 36.7. The van der Waals surface area contributed by atoms with Gasteiger partial charge >= 0.3 is 0 Å². The number of nitrogens with zero attached hydrogens (tertiary/aromatic N) is 4. The van der Waals surface area contributed by atoms with Crippen LogP contribution in [0.2, 0.25) is 0 Å². The third-order valence-electron chi connectivity index (χ3n) is 11.5. The van der Waals surface area contributed by atoms with Crippen molar-refractivity contribution < 1.29 is 0 Å². The van der Waals surface area contributed by atoms with Gasteiger partial charge in [-0.3, -0.25) is 0 Å². The van der Waals surface area contributed by atoms with Crippen LogP contribution in [0.5, 0.6) is 0 Å². The van der Waals surface area contributed by atoms with E-state index in [-0.39, 0.29) is 0 Å². The Kier molecular flexibility index (Phi) is 9.49. The second-order valence-corrected chi connectivity index (χ2v) is 15.5. The van der Waals surface area contributed by atoms with E-state index in [1.165, 1.54) is 11.1 Å². The number of pyridine rings is 2. The molecule has 0 saturated heterocycles. The van der Waals surface area contributed by atoms with Crippen LogP contribution in [0, 0.1) is 0 Å². The van der Waals surface area contributed by atoms with Crippen LogP contribution < -0.4 is 0 Å². The summed E-state index contributed by atoms with van der Waals surface area (Å²) in [4.78, 5) is 20.4. The zero-order chi connectivity index (χ0) is 41.2. The van der Waals surface area contributed by atoms with Crippen LogP contribution in [0.3, 0.4) is 0 Å². The fraction of sp³-hybridized carbons (Fsp3) is 0. The molecule has 4 heteroatoms. The Bertz CT molecular complexity index is 3350. The summed E-state index contributed by atoms with van der Waals surface area (Å²) in [6.45, 7) is 0. The molecule has 0 aliphatic heterocycles. The number of benzene rings is 8. The van der Waals surface area contributed by atoms with Crippen LogP contribution in [0.4, 0.5) is 0 Å². The van der Waals surface area contributed by atoms with Gasteiger partial charge in [0.2, 0.25) is 0 Å². The standard InChI is InChI=1S/C58H38N4/c1-4-11-39(12-5-1)40-23-27-45(28-24-40)54-38-55(62-58(61-54)49-15-8-3-9-16-49)46-29-25-42(26-30-46)41-19-21-43(22-20-41)50-17-10-18-51(37-50)53-36-34-48-32-31-47-33-35-52(44-13-6-2-7-14-44)59-56(47)57(48)60-53/h1-38H. The van der Waals surface area contributed by atoms with Gasteiger partial charge in [-0.25, -0.2) is 19.9 Å². The van der Waals surface area contributed by atoms with Gasteiger partial charge in [0.1, 0.15) is 0 Å². The van der Waals surface area contributed by atoms with Crippen LogP contribution >= 0.6 is 0 Å². The Morgan fingerprint density at radius 1 is 0.194 bits per heavy atom. The summed E-state index contributed by atoms with van der Waals surface area (Å²) in [5, 5.41) is 2.15. The molecule has 0 atom stereocenters. The molecule has 11 aromatic rings. The minimum atomic E-state index is 0.702. The monoisotopic (exact) mass is 790 g/mol. The molecule has 0 saturated carbocycles. The van der Waals surface area contributed by atoms with Crippen molar-refractivity contribution in [2.24, 2.45) is 0 Å². The molecule has 3 heterocycles. The van der Waals surface area contributed by atoms with Crippen molar-refractivity contribution in [3.8, 4) is 89.8 Å². The molecule has 8 aromatic carbocycles. The van der Waals surface area contributed by atoms with E-state index >= 15 is 0 Å². The molecule has 0 fully saturated rings. The molecule has 0 aliphatic carbocycles. The molecular weight excluding hydrogens is 753 g/mol. The Morgan fingerprint density at radius 3 is 1.03 bits per heavy atom. The zero-order valence-corrected chi connectivity index (χ0v) is 33.7. The second kappa shape index (κ2) is 16.0. The molecule has 4 nitrogen and oxygen atoms in total. The largest absolute Gasteiger partial charge is 0.245 e. The first-order valence-corrected chi connectivity index (χ1v) is 20.9. The van der Waals surface area contributed by atoms with Crippen LogP contribution in [-0.4, -0.2) is 19.9 Å². The smallest absolute Gasteiger partial charge is 0.160 e. The molecule has 0 amide bonds. The summed E-state index contributed by atoms with van der Waals surface area (Å²) in [6, 6.07) is 80.5. The molecule has 0 aliphatic rings. The van der Waals surface area contributed by atoms with Gasteiger partial charge in [0.15, 0.2) is 5.82 Å². The highest BCUT2D eigenvalue weighted by Crippen LogP contribution is 2.34. The number of aromatic nitrogens is 4. The molecule has 0 bridgehead atoms. The fourth-order valence-electron chi connectivity index (χ4n) is 8.17. The third kappa shape index (κ3) is 7.31. The summed E-state index contributed by atoms with van der Waals surface area (Å²) in [7, 11) is 0. The fourth-order valence-corrected chi connectivity index (χ4v) is 8.17. The average Bonchev–Trinajstić information content (AvgIpc) is 3.37. The molecule has 11 rings (SSSR count). The van der Waals surface area contributed by atoms with Gasteiger partial charge in [0.25, 0.3) is 0 Å². The molecule has 0 spiro atoms. The van der Waals surface area contributed by atoms with E-state index in [2.05, 4.69) is 188 Å². The number of fused-ring (bicyclic) bond motifs is 3. The summed E-state index contributed by atoms with van der Waals surface area (Å²) in [5.41, 5.74) is 17.6. The highest BCUT2D eigenvalue weighted by atomic mass is 14.9. The van der Waals surface area contributed by atoms with Crippen molar-refractivity contribution in [2.45, 2.75) is 0 Å². The number of rotatable bonds is 8. The minimum absolute atomic E-state index is 0.702. The lowest BCUT2D eigenvalue weighted by molar-refractivity contribution is 1.18. The lowest BCUT2D eigenvalue weighted by atomic mass is 9.97. The lowest BCUT2D eigenvalue weighted by Gasteiger charge is -2.11. The zero-order valence-electron chi connectivity index (χ0n) is 33.7. The molecular formula is C58H38N4. The van der Waals surface area contributed by atoms with E-state index in [1.807, 2.05) is 42.5 Å². The maximum atomic E-state index is 5.21. The third-order valence-corrected chi connectivity index (χ3v) is 11.5. The summed E-state index contributed by atoms with van der Waals surface area (Å²) in [5.74, 6) is 0.702. The van der Waals surface area contributed by atoms with Crippen molar-refractivity contribution in [1.29, 1.82) is 0 Å². The molecule has 0 N–H and O–H groups in total. The van der Waals surface area contributed by atoms with E-state index in [4.69, 9.17) is 19.9 Å². The first-order chi connectivity index (χ1) is 30.7. The Morgan fingerprint density at radius 2 is 0.532 bits per heavy atom. The van der Waals surface area contributed by atoms with E-state index in [0.717, 1.165) is 94.7 Å². The highest BCUT2D eigenvalue weighted by molar-refractivity contribution is 6.04. The maximum Gasteiger partial charge on any atom is 0.160 e. The van der Waals surface area contributed by atoms with Crippen molar-refractivity contribution in [1.82, 2.24) is 19.9 Å². The average molecular weight is 791 g/mol. The quantitative estimate of drug-likeness (QED) is 0.144. The predicted octanol–water partition coefficient (Wildman–Crippen LogP) is 14.9. The van der Waals surface area contributed by atoms with Gasteiger partial charge in [0.05, 0.1) is 33.8 Å². The summed E-state index contributed by atoms with van der Waals surface area (Å²) < 4.78 is 0. The van der Waals surface area contributed by atoms with Gasteiger partial charge in [-0.2, -0.15) is 0 Å². The van der Waals surface area contributed by atoms with E-state index in [0.29, 0.717) is 5.82 Å².